The molecule has 0 saturated heterocycles. The first-order valence-corrected chi connectivity index (χ1v) is 7.37. The summed E-state index contributed by atoms with van der Waals surface area (Å²) in [5.41, 5.74) is 6.39. The number of methoxy groups -OCH3 is 1. The molecule has 2 rings (SSSR count). The van der Waals surface area contributed by atoms with E-state index in [1.807, 2.05) is 57.2 Å². The van der Waals surface area contributed by atoms with Crippen LogP contribution in [0, 0.1) is 27.7 Å². The van der Waals surface area contributed by atoms with Gasteiger partial charge < -0.3 is 4.74 Å². The third-order valence-electron chi connectivity index (χ3n) is 4.10. The molecule has 2 nitrogen and oxygen atoms in total. The van der Waals surface area contributed by atoms with Crippen LogP contribution >= 0.6 is 0 Å². The van der Waals surface area contributed by atoms with Crippen LogP contribution in [0.25, 0.3) is 6.08 Å². The molecule has 0 fully saturated rings. The van der Waals surface area contributed by atoms with Crippen LogP contribution in [-0.4, -0.2) is 12.9 Å². The third-order valence-corrected chi connectivity index (χ3v) is 4.10. The van der Waals surface area contributed by atoms with Gasteiger partial charge in [0.05, 0.1) is 7.11 Å². The number of rotatable bonds is 4. The number of hydrogen-bond acceptors (Lipinski definition) is 2. The minimum Gasteiger partial charge on any atom is -0.497 e. The van der Waals surface area contributed by atoms with Crippen molar-refractivity contribution in [1.29, 1.82) is 0 Å². The summed E-state index contributed by atoms with van der Waals surface area (Å²) in [5.74, 6) is 0.854. The molecule has 0 aliphatic carbocycles. The van der Waals surface area contributed by atoms with Gasteiger partial charge in [-0.2, -0.15) is 0 Å². The predicted octanol–water partition coefficient (Wildman–Crippen LogP) is 4.82. The maximum Gasteiger partial charge on any atom is 0.185 e. The normalized spacial score (nSPS) is 11.0. The van der Waals surface area contributed by atoms with Gasteiger partial charge in [-0.25, -0.2) is 0 Å². The van der Waals surface area contributed by atoms with E-state index in [4.69, 9.17) is 4.74 Å². The topological polar surface area (TPSA) is 26.3 Å². The third kappa shape index (κ3) is 3.45. The molecule has 2 aromatic carbocycles. The molecule has 2 aromatic rings. The Bertz CT molecular complexity index is 716. The Morgan fingerprint density at radius 2 is 1.59 bits per heavy atom. The zero-order valence-electron chi connectivity index (χ0n) is 13.9. The number of ether oxygens (including phenoxy) is 1. The van der Waals surface area contributed by atoms with Gasteiger partial charge in [-0.15, -0.1) is 0 Å². The number of carbonyl (C=O) groups is 1. The van der Waals surface area contributed by atoms with Crippen molar-refractivity contribution < 1.29 is 9.53 Å². The average Bonchev–Trinajstić information content (AvgIpc) is 2.50. The van der Waals surface area contributed by atoms with Crippen molar-refractivity contribution in [3.8, 4) is 5.75 Å². The van der Waals surface area contributed by atoms with Gasteiger partial charge in [0.1, 0.15) is 5.75 Å². The molecule has 114 valence electrons. The van der Waals surface area contributed by atoms with Crippen molar-refractivity contribution in [3.63, 3.8) is 0 Å². The van der Waals surface area contributed by atoms with Crippen molar-refractivity contribution in [2.24, 2.45) is 0 Å². The number of carbonyl (C=O) groups excluding carboxylic acids is 1. The summed E-state index contributed by atoms with van der Waals surface area (Å²) < 4.78 is 5.19. The molecule has 0 radical (unpaired) electrons. The van der Waals surface area contributed by atoms with Gasteiger partial charge in [-0.3, -0.25) is 4.79 Å². The summed E-state index contributed by atoms with van der Waals surface area (Å²) in [6, 6.07) is 9.73. The number of benzene rings is 2. The lowest BCUT2D eigenvalue weighted by Gasteiger charge is -2.07. The second-order valence-electron chi connectivity index (χ2n) is 5.66. The summed E-state index contributed by atoms with van der Waals surface area (Å²) in [5, 5.41) is 0. The van der Waals surface area contributed by atoms with E-state index >= 15 is 0 Å². The highest BCUT2D eigenvalue weighted by Gasteiger charge is 2.06. The Morgan fingerprint density at radius 3 is 2.14 bits per heavy atom. The van der Waals surface area contributed by atoms with Crippen molar-refractivity contribution >= 4 is 11.9 Å². The average molecular weight is 294 g/mol. The zero-order chi connectivity index (χ0) is 16.3. The number of allylic oxidation sites excluding steroid dienone is 1. The Morgan fingerprint density at radius 1 is 0.955 bits per heavy atom. The number of aryl methyl sites for hydroxylation is 3. The molecule has 0 bridgehead atoms. The molecule has 2 heteroatoms. The molecule has 0 N–H and O–H groups in total. The summed E-state index contributed by atoms with van der Waals surface area (Å²) in [7, 11) is 1.65. The van der Waals surface area contributed by atoms with Crippen LogP contribution in [0.3, 0.4) is 0 Å². The smallest absolute Gasteiger partial charge is 0.185 e. The van der Waals surface area contributed by atoms with Crippen LogP contribution in [0.2, 0.25) is 0 Å². The van der Waals surface area contributed by atoms with Crippen molar-refractivity contribution in [1.82, 2.24) is 0 Å². The molecular formula is C20H22O2. The monoisotopic (exact) mass is 294 g/mol. The van der Waals surface area contributed by atoms with Gasteiger partial charge in [-0.1, -0.05) is 12.1 Å². The Labute approximate surface area is 132 Å². The molecular weight excluding hydrogens is 272 g/mol. The molecule has 22 heavy (non-hydrogen) atoms. The van der Waals surface area contributed by atoms with Crippen LogP contribution in [-0.2, 0) is 0 Å². The molecule has 0 spiro atoms. The lowest BCUT2D eigenvalue weighted by atomic mass is 9.98. The first-order valence-electron chi connectivity index (χ1n) is 7.37. The van der Waals surface area contributed by atoms with Crippen molar-refractivity contribution in [2.45, 2.75) is 27.7 Å². The highest BCUT2D eigenvalue weighted by atomic mass is 16.5. The summed E-state index contributed by atoms with van der Waals surface area (Å²) in [4.78, 5) is 12.4. The van der Waals surface area contributed by atoms with E-state index in [9.17, 15) is 4.79 Å². The summed E-state index contributed by atoms with van der Waals surface area (Å²) in [6.45, 7) is 8.16. The number of ketones is 1. The van der Waals surface area contributed by atoms with E-state index in [-0.39, 0.29) is 5.78 Å². The highest BCUT2D eigenvalue weighted by Crippen LogP contribution is 2.19. The molecule has 0 amide bonds. The van der Waals surface area contributed by atoms with E-state index < -0.39 is 0 Å². The Balaban J connectivity index is 2.25. The molecule has 0 heterocycles. The van der Waals surface area contributed by atoms with Crippen molar-refractivity contribution in [2.75, 3.05) is 7.11 Å². The largest absolute Gasteiger partial charge is 0.497 e. The molecule has 0 aliphatic heterocycles. The van der Waals surface area contributed by atoms with E-state index in [1.54, 1.807) is 13.2 Å². The standard InChI is InChI=1S/C20H22O2/c1-13-10-18(11-14(2)16(13)4)20(21)9-7-17-6-8-19(22-5)12-15(17)3/h6-12H,1-5H3/b9-7+. The highest BCUT2D eigenvalue weighted by molar-refractivity contribution is 6.07. The molecule has 0 aliphatic rings. The van der Waals surface area contributed by atoms with Crippen LogP contribution in [0.1, 0.15) is 38.2 Å². The first-order chi connectivity index (χ1) is 10.4. The van der Waals surface area contributed by atoms with Crippen molar-refractivity contribution in [3.05, 3.63) is 69.8 Å². The summed E-state index contributed by atoms with van der Waals surface area (Å²) >= 11 is 0. The number of hydrogen-bond donors (Lipinski definition) is 0. The Hall–Kier alpha value is -2.35. The lowest BCUT2D eigenvalue weighted by Crippen LogP contribution is -1.98. The molecule has 0 aromatic heterocycles. The molecule has 0 saturated carbocycles. The van der Waals surface area contributed by atoms with Gasteiger partial charge in [0.2, 0.25) is 0 Å². The van der Waals surface area contributed by atoms with Gasteiger partial charge >= 0.3 is 0 Å². The second-order valence-corrected chi connectivity index (χ2v) is 5.66. The fourth-order valence-corrected chi connectivity index (χ4v) is 2.40. The van der Waals surface area contributed by atoms with Gasteiger partial charge in [0.25, 0.3) is 0 Å². The SMILES string of the molecule is COc1ccc(/C=C/C(=O)c2cc(C)c(C)c(C)c2)c(C)c1. The van der Waals surface area contributed by atoms with Crippen LogP contribution in [0.15, 0.2) is 36.4 Å². The van der Waals surface area contributed by atoms with E-state index in [0.717, 1.165) is 33.6 Å². The van der Waals surface area contributed by atoms with Gasteiger partial charge in [0.15, 0.2) is 5.78 Å². The first kappa shape index (κ1) is 16.0. The maximum absolute atomic E-state index is 12.4. The van der Waals surface area contributed by atoms with E-state index in [2.05, 4.69) is 6.92 Å². The lowest BCUT2D eigenvalue weighted by molar-refractivity contribution is 0.104. The fourth-order valence-electron chi connectivity index (χ4n) is 2.40. The summed E-state index contributed by atoms with van der Waals surface area (Å²) in [6.07, 6.45) is 3.50. The van der Waals surface area contributed by atoms with E-state index in [1.165, 1.54) is 5.56 Å². The minimum absolute atomic E-state index is 0.0291. The van der Waals surface area contributed by atoms with Crippen LogP contribution in [0.5, 0.6) is 5.75 Å². The van der Waals surface area contributed by atoms with E-state index in [0.29, 0.717) is 0 Å². The fraction of sp³-hybridized carbons (Fsp3) is 0.250. The Kier molecular flexibility index (Phi) is 4.81. The second kappa shape index (κ2) is 6.61. The minimum atomic E-state index is 0.0291. The van der Waals surface area contributed by atoms with Gasteiger partial charge in [-0.05, 0) is 85.9 Å². The molecule has 0 atom stereocenters. The quantitative estimate of drug-likeness (QED) is 0.596. The molecule has 0 unspecified atom stereocenters. The van der Waals surface area contributed by atoms with Crippen LogP contribution < -0.4 is 4.74 Å². The van der Waals surface area contributed by atoms with Crippen LogP contribution in [0.4, 0.5) is 0 Å². The maximum atomic E-state index is 12.4. The van der Waals surface area contributed by atoms with Gasteiger partial charge in [0, 0.05) is 5.56 Å². The zero-order valence-corrected chi connectivity index (χ0v) is 13.9. The predicted molar refractivity (Wildman–Crippen MR) is 91.7 cm³/mol.